The first kappa shape index (κ1) is 15.6. The number of hydrogen-bond donors (Lipinski definition) is 2. The lowest BCUT2D eigenvalue weighted by molar-refractivity contribution is 0.237. The zero-order valence-electron chi connectivity index (χ0n) is 12.1. The maximum atomic E-state index is 11.9. The molecule has 1 heterocycles. The molecule has 0 spiro atoms. The van der Waals surface area contributed by atoms with Gasteiger partial charge in [0.15, 0.2) is 9.84 Å². The topological polar surface area (TPSA) is 75.3 Å². The molecule has 1 saturated carbocycles. The second-order valence-electron chi connectivity index (χ2n) is 6.21. The first-order chi connectivity index (χ1) is 10.4. The SMILES string of the molecule is O=C(NCC1(c2ccc(Cl)cc2)CC1)N[C@@H]1CCS(=O)(=O)C1. The number of amides is 2. The third-order valence-corrected chi connectivity index (χ3v) is 6.49. The molecule has 1 aromatic rings. The molecule has 1 aromatic carbocycles. The lowest BCUT2D eigenvalue weighted by Gasteiger charge is -2.18. The fraction of sp³-hybridized carbons (Fsp3) is 0.533. The standard InChI is InChI=1S/C15H19ClN2O3S/c16-12-3-1-11(2-4-12)15(6-7-15)10-17-14(19)18-13-5-8-22(20,21)9-13/h1-4,13H,5-10H2,(H2,17,18,19)/t13-/m1/s1. The summed E-state index contributed by atoms with van der Waals surface area (Å²) in [6, 6.07) is 7.16. The summed E-state index contributed by atoms with van der Waals surface area (Å²) in [6.07, 6.45) is 2.57. The number of carbonyl (C=O) groups excluding carboxylic acids is 1. The molecule has 120 valence electrons. The highest BCUT2D eigenvalue weighted by molar-refractivity contribution is 7.91. The maximum Gasteiger partial charge on any atom is 0.315 e. The summed E-state index contributed by atoms with van der Waals surface area (Å²) in [5, 5.41) is 6.32. The molecule has 7 heteroatoms. The van der Waals surface area contributed by atoms with E-state index in [0.717, 1.165) is 12.8 Å². The largest absolute Gasteiger partial charge is 0.337 e. The lowest BCUT2D eigenvalue weighted by atomic mass is 9.96. The van der Waals surface area contributed by atoms with Crippen molar-refractivity contribution >= 4 is 27.5 Å². The van der Waals surface area contributed by atoms with Crippen molar-refractivity contribution in [1.29, 1.82) is 0 Å². The fourth-order valence-electron chi connectivity index (χ4n) is 2.92. The molecule has 2 N–H and O–H groups in total. The lowest BCUT2D eigenvalue weighted by Crippen LogP contribution is -2.45. The van der Waals surface area contributed by atoms with Crippen LogP contribution in [0.2, 0.25) is 5.02 Å². The Labute approximate surface area is 135 Å². The molecule has 1 aliphatic carbocycles. The summed E-state index contributed by atoms with van der Waals surface area (Å²) >= 11 is 5.90. The van der Waals surface area contributed by atoms with E-state index in [1.165, 1.54) is 5.56 Å². The molecule has 22 heavy (non-hydrogen) atoms. The molecule has 1 atom stereocenters. The molecule has 1 aliphatic heterocycles. The molecule has 0 aromatic heterocycles. The van der Waals surface area contributed by atoms with Crippen molar-refractivity contribution in [1.82, 2.24) is 10.6 Å². The summed E-state index contributed by atoms with van der Waals surface area (Å²) < 4.78 is 22.8. The molecule has 3 rings (SSSR count). The van der Waals surface area contributed by atoms with Gasteiger partial charge < -0.3 is 10.6 Å². The fourth-order valence-corrected chi connectivity index (χ4v) is 4.72. The van der Waals surface area contributed by atoms with Gasteiger partial charge in [-0.15, -0.1) is 0 Å². The summed E-state index contributed by atoms with van der Waals surface area (Å²) in [5.41, 5.74) is 1.18. The Morgan fingerprint density at radius 2 is 1.95 bits per heavy atom. The number of rotatable bonds is 4. The number of nitrogens with one attached hydrogen (secondary N) is 2. The first-order valence-corrected chi connectivity index (χ1v) is 9.59. The zero-order chi connectivity index (χ0) is 15.8. The Morgan fingerprint density at radius 1 is 1.27 bits per heavy atom. The van der Waals surface area contributed by atoms with Gasteiger partial charge in [-0.3, -0.25) is 0 Å². The third kappa shape index (κ3) is 3.55. The van der Waals surface area contributed by atoms with Gasteiger partial charge in [-0.1, -0.05) is 23.7 Å². The molecule has 1 saturated heterocycles. The van der Waals surface area contributed by atoms with Crippen LogP contribution in [0.4, 0.5) is 4.79 Å². The highest BCUT2D eigenvalue weighted by Gasteiger charge is 2.44. The molecule has 2 fully saturated rings. The Balaban J connectivity index is 1.52. The summed E-state index contributed by atoms with van der Waals surface area (Å²) in [4.78, 5) is 11.9. The average molecular weight is 343 g/mol. The van der Waals surface area contributed by atoms with Crippen molar-refractivity contribution in [3.63, 3.8) is 0 Å². The monoisotopic (exact) mass is 342 g/mol. The van der Waals surface area contributed by atoms with Gasteiger partial charge in [-0.25, -0.2) is 13.2 Å². The molecule has 2 aliphatic rings. The minimum Gasteiger partial charge on any atom is -0.337 e. The quantitative estimate of drug-likeness (QED) is 0.877. The van der Waals surface area contributed by atoms with Gasteiger partial charge >= 0.3 is 6.03 Å². The molecule has 5 nitrogen and oxygen atoms in total. The van der Waals surface area contributed by atoms with E-state index in [9.17, 15) is 13.2 Å². The Hall–Kier alpha value is -1.27. The third-order valence-electron chi connectivity index (χ3n) is 4.47. The van der Waals surface area contributed by atoms with Crippen molar-refractivity contribution in [3.8, 4) is 0 Å². The number of urea groups is 1. The van der Waals surface area contributed by atoms with E-state index < -0.39 is 9.84 Å². The maximum absolute atomic E-state index is 11.9. The van der Waals surface area contributed by atoms with E-state index >= 15 is 0 Å². The minimum absolute atomic E-state index is 0.00365. The van der Waals surface area contributed by atoms with Crippen LogP contribution in [-0.2, 0) is 15.3 Å². The van der Waals surface area contributed by atoms with Gasteiger partial charge in [0.25, 0.3) is 0 Å². The van der Waals surface area contributed by atoms with Crippen molar-refractivity contribution in [2.45, 2.75) is 30.7 Å². The number of halogens is 1. The smallest absolute Gasteiger partial charge is 0.315 e. The van der Waals surface area contributed by atoms with Crippen LogP contribution >= 0.6 is 11.6 Å². The van der Waals surface area contributed by atoms with Crippen molar-refractivity contribution in [2.24, 2.45) is 0 Å². The highest BCUT2D eigenvalue weighted by Crippen LogP contribution is 2.47. The van der Waals surface area contributed by atoms with E-state index in [1.54, 1.807) is 0 Å². The van der Waals surface area contributed by atoms with Crippen molar-refractivity contribution in [2.75, 3.05) is 18.1 Å². The molecule has 0 unspecified atom stereocenters. The van der Waals surface area contributed by atoms with Crippen LogP contribution in [0.5, 0.6) is 0 Å². The Morgan fingerprint density at radius 3 is 2.50 bits per heavy atom. The van der Waals surface area contributed by atoms with E-state index in [-0.39, 0.29) is 29.0 Å². The van der Waals surface area contributed by atoms with Gasteiger partial charge in [0.1, 0.15) is 0 Å². The summed E-state index contributed by atoms with van der Waals surface area (Å²) in [5.74, 6) is 0.204. The van der Waals surface area contributed by atoms with Crippen LogP contribution in [0.3, 0.4) is 0 Å². The van der Waals surface area contributed by atoms with E-state index in [4.69, 9.17) is 11.6 Å². The molecule has 0 bridgehead atoms. The van der Waals surface area contributed by atoms with Crippen LogP contribution in [0, 0.1) is 0 Å². The van der Waals surface area contributed by atoms with Crippen LogP contribution < -0.4 is 10.6 Å². The summed E-state index contributed by atoms with van der Waals surface area (Å²) in [7, 11) is -2.97. The second kappa shape index (κ2) is 5.74. The average Bonchev–Trinajstić information content (AvgIpc) is 3.17. The summed E-state index contributed by atoms with van der Waals surface area (Å²) in [6.45, 7) is 0.555. The van der Waals surface area contributed by atoms with Crippen LogP contribution in [0.1, 0.15) is 24.8 Å². The predicted molar refractivity (Wildman–Crippen MR) is 86.0 cm³/mol. The molecule has 0 radical (unpaired) electrons. The number of sulfone groups is 1. The number of benzene rings is 1. The van der Waals surface area contributed by atoms with Gasteiger partial charge in [0, 0.05) is 23.0 Å². The molecule has 2 amide bonds. The number of carbonyl (C=O) groups is 1. The van der Waals surface area contributed by atoms with Crippen molar-refractivity contribution < 1.29 is 13.2 Å². The number of hydrogen-bond acceptors (Lipinski definition) is 3. The van der Waals surface area contributed by atoms with E-state index in [2.05, 4.69) is 10.6 Å². The van der Waals surface area contributed by atoms with E-state index in [0.29, 0.717) is 18.0 Å². The van der Waals surface area contributed by atoms with Crippen molar-refractivity contribution in [3.05, 3.63) is 34.9 Å². The molecular weight excluding hydrogens is 324 g/mol. The molecular formula is C15H19ClN2O3S. The predicted octanol–water partition coefficient (Wildman–Crippen LogP) is 1.86. The van der Waals surface area contributed by atoms with Gasteiger partial charge in [0.2, 0.25) is 0 Å². The second-order valence-corrected chi connectivity index (χ2v) is 8.88. The van der Waals surface area contributed by atoms with Crippen LogP contribution in [0.25, 0.3) is 0 Å². The minimum atomic E-state index is -2.97. The highest BCUT2D eigenvalue weighted by atomic mass is 35.5. The first-order valence-electron chi connectivity index (χ1n) is 7.39. The van der Waals surface area contributed by atoms with Crippen LogP contribution in [0.15, 0.2) is 24.3 Å². The van der Waals surface area contributed by atoms with Gasteiger partial charge in [-0.2, -0.15) is 0 Å². The van der Waals surface area contributed by atoms with Gasteiger partial charge in [-0.05, 0) is 37.0 Å². The van der Waals surface area contributed by atoms with E-state index in [1.807, 2.05) is 24.3 Å². The normalized spacial score (nSPS) is 24.7. The van der Waals surface area contributed by atoms with Crippen LogP contribution in [-0.4, -0.2) is 38.5 Å². The Kier molecular flexibility index (Phi) is 4.07. The Bertz CT molecular complexity index is 669. The zero-order valence-corrected chi connectivity index (χ0v) is 13.7. The van der Waals surface area contributed by atoms with Gasteiger partial charge in [0.05, 0.1) is 11.5 Å².